The van der Waals surface area contributed by atoms with Crippen molar-refractivity contribution in [3.8, 4) is 29.1 Å². The summed E-state index contributed by atoms with van der Waals surface area (Å²) < 4.78 is 24.3. The number of para-hydroxylation sites is 1. The number of aliphatic hydroxyl groups excluding tert-OH is 1. The Labute approximate surface area is 580 Å². The van der Waals surface area contributed by atoms with Crippen molar-refractivity contribution in [2.24, 2.45) is 17.3 Å². The average Bonchev–Trinajstić information content (AvgIpc) is 1.57. The summed E-state index contributed by atoms with van der Waals surface area (Å²) in [5.41, 5.74) is 9.05. The molecule has 6 heterocycles. The first kappa shape index (κ1) is 69.0. The molecule has 20 nitrogen and oxygen atoms in total. The Morgan fingerprint density at radius 1 is 0.768 bits per heavy atom. The molecule has 0 bridgehead atoms. The van der Waals surface area contributed by atoms with Gasteiger partial charge in [-0.15, -0.1) is 0 Å². The number of Topliss-reactive ketones (excluding diaryl/α,β-unsaturated/α-hetero) is 3. The molecule has 6 aliphatic rings. The lowest BCUT2D eigenvalue weighted by Crippen LogP contribution is -2.50. The van der Waals surface area contributed by atoms with Crippen molar-refractivity contribution in [1.82, 2.24) is 20.4 Å². The summed E-state index contributed by atoms with van der Waals surface area (Å²) in [4.78, 5) is 129. The van der Waals surface area contributed by atoms with E-state index in [9.17, 15) is 48.3 Å². The van der Waals surface area contributed by atoms with Crippen LogP contribution in [0.5, 0.6) is 17.2 Å². The smallest absolute Gasteiger partial charge is 0.416 e. The fourth-order valence-corrected chi connectivity index (χ4v) is 14.6. The molecule has 1 saturated carbocycles. The summed E-state index contributed by atoms with van der Waals surface area (Å²) in [6.07, 6.45) is 4.15. The lowest BCUT2D eigenvalue weighted by molar-refractivity contribution is -0.133. The number of anilines is 2. The second kappa shape index (κ2) is 30.1. The fraction of sp³-hybridized carbons (Fsp3) is 0.397. The molecule has 21 heteroatoms. The molecule has 1 aliphatic carbocycles. The minimum atomic E-state index is -1.43. The van der Waals surface area contributed by atoms with Crippen molar-refractivity contribution in [3.05, 3.63) is 176 Å². The van der Waals surface area contributed by atoms with Crippen molar-refractivity contribution in [2.75, 3.05) is 43.2 Å². The molecule has 1 unspecified atom stereocenters. The van der Waals surface area contributed by atoms with Crippen LogP contribution in [0.15, 0.2) is 120 Å². The molecule has 514 valence electrons. The largest absolute Gasteiger partial charge is 0.493 e. The van der Waals surface area contributed by atoms with Gasteiger partial charge in [0.1, 0.15) is 18.1 Å². The summed E-state index contributed by atoms with van der Waals surface area (Å²) in [5, 5.41) is 21.7. The molecule has 0 radical (unpaired) electrons. The van der Waals surface area contributed by atoms with Crippen LogP contribution in [-0.4, -0.2) is 126 Å². The van der Waals surface area contributed by atoms with E-state index < -0.39 is 47.9 Å². The van der Waals surface area contributed by atoms with Crippen LogP contribution in [0.2, 0.25) is 0 Å². The predicted octanol–water partition coefficient (Wildman–Crippen LogP) is 10.6. The van der Waals surface area contributed by atoms with Gasteiger partial charge in [0.05, 0.1) is 62.4 Å². The van der Waals surface area contributed by atoms with Crippen LogP contribution in [0, 0.1) is 36.0 Å². The third-order valence-corrected chi connectivity index (χ3v) is 20.6. The van der Waals surface area contributed by atoms with Crippen LogP contribution in [-0.2, 0) is 59.5 Å². The highest BCUT2D eigenvalue weighted by Gasteiger charge is 2.58. The van der Waals surface area contributed by atoms with Crippen LogP contribution in [0.3, 0.4) is 0 Å². The number of aliphatic hydroxyl groups is 1. The molecular formula is C78H82N6O14S. The van der Waals surface area contributed by atoms with E-state index >= 15 is 0 Å². The maximum Gasteiger partial charge on any atom is 0.416 e. The maximum absolute atomic E-state index is 14.4. The van der Waals surface area contributed by atoms with Gasteiger partial charge in [-0.25, -0.2) is 9.69 Å². The highest BCUT2D eigenvalue weighted by molar-refractivity contribution is 7.08. The van der Waals surface area contributed by atoms with E-state index in [1.807, 2.05) is 78.0 Å². The summed E-state index contributed by atoms with van der Waals surface area (Å²) >= 11 is 1.64. The maximum atomic E-state index is 14.4. The molecule has 3 N–H and O–H groups in total. The van der Waals surface area contributed by atoms with Crippen molar-refractivity contribution >= 4 is 81.3 Å². The van der Waals surface area contributed by atoms with Crippen molar-refractivity contribution in [3.63, 3.8) is 0 Å². The van der Waals surface area contributed by atoms with Gasteiger partial charge in [0.25, 0.3) is 11.8 Å². The molecular weight excluding hydrogens is 1280 g/mol. The minimum absolute atomic E-state index is 0.0433. The number of thiophene rings is 1. The van der Waals surface area contributed by atoms with Gasteiger partial charge in [0.15, 0.2) is 29.3 Å². The summed E-state index contributed by atoms with van der Waals surface area (Å²) in [7, 11) is 1.55. The molecule has 5 atom stereocenters. The number of nitrogens with zero attached hydrogens (tertiary/aromatic N) is 4. The molecule has 2 fully saturated rings. The second-order valence-corrected chi connectivity index (χ2v) is 27.9. The fourth-order valence-electron chi connectivity index (χ4n) is 13.9. The highest BCUT2D eigenvalue weighted by atomic mass is 32.1. The number of aryl methyl sites for hydroxylation is 2. The van der Waals surface area contributed by atoms with Gasteiger partial charge < -0.3 is 49.4 Å². The molecule has 5 aliphatic heterocycles. The number of rotatable bonds is 26. The SMILES string of the molecule is COc1cc2c(cc1OCCCOc1cc3c(cc1C)C(=O)N1CC4(CC4)C[C@H]1C(O)N3C(=O)OCc1ccc(CC(=O)[C@H](C)NC(=O)[C@@H](CC(=O)CNC(=O)CCC(=O)CCC(=O)N3Cc4ccccc4C#Cc4ccccc43)C(C)C)cc1)CC[C@@H]1CC(c3ccsc3)=CN1C2=O. The zero-order valence-corrected chi connectivity index (χ0v) is 57.2. The number of amides is 6. The Hall–Kier alpha value is -9.91. The van der Waals surface area contributed by atoms with E-state index in [0.717, 1.165) is 58.4 Å². The van der Waals surface area contributed by atoms with E-state index in [1.54, 1.807) is 91.5 Å². The normalized spacial score (nSPS) is 18.2. The molecule has 6 aromatic rings. The number of ketones is 3. The van der Waals surface area contributed by atoms with E-state index in [-0.39, 0.29) is 123 Å². The van der Waals surface area contributed by atoms with Gasteiger partial charge >= 0.3 is 6.09 Å². The summed E-state index contributed by atoms with van der Waals surface area (Å²) in [5.74, 6) is 4.05. The average molecular weight is 1360 g/mol. The molecule has 12 rings (SSSR count). The Morgan fingerprint density at radius 3 is 2.24 bits per heavy atom. The second-order valence-electron chi connectivity index (χ2n) is 27.2. The van der Waals surface area contributed by atoms with Crippen LogP contribution >= 0.6 is 11.3 Å². The molecule has 1 saturated heterocycles. The predicted molar refractivity (Wildman–Crippen MR) is 372 cm³/mol. The number of carbonyl (C=O) groups is 9. The third-order valence-electron chi connectivity index (χ3n) is 19.9. The first-order valence-corrected chi connectivity index (χ1v) is 35.0. The number of methoxy groups -OCH3 is 1. The molecule has 1 spiro atoms. The van der Waals surface area contributed by atoms with Gasteiger partial charge in [-0.05, 0) is 156 Å². The quantitative estimate of drug-likeness (QED) is 0.0338. The first-order valence-electron chi connectivity index (χ1n) is 34.1. The standard InChI is InChI=1S/C78H82N6O14S/c1-47(2)61(37-60(86)41-79-71(88)25-23-59(85)24-26-72(89)82-42-55-13-7-6-11-52(55)19-20-53-12-8-9-14-64(53)82)73(90)80-49(4)67(87)34-50-15-17-51(18-16-50)44-98-77(94)84-65-39-68(48(3)33-63(65)75(92)83-46-78(28-29-78)40-66(83)76(84)93)96-30-10-31-97-70-36-54-21-22-58-35-57(56-27-32-99-45-56)43-81(58)74(91)62(54)38-69(70)95-5/h6-9,11-18,27,32-33,36,38-39,43,45,47,49,58,61,66,76,93H,10,21-26,28-31,34-35,37,40-42,44,46H2,1-5H3,(H,79,88)(H,80,90)/t49-,58+,61-,66-,76?/m0/s1. The molecule has 6 amide bonds. The number of benzene rings is 5. The number of ether oxygens (including phenoxy) is 4. The van der Waals surface area contributed by atoms with Gasteiger partial charge in [0.2, 0.25) is 17.7 Å². The lowest BCUT2D eigenvalue weighted by atomic mass is 9.89. The monoisotopic (exact) mass is 1360 g/mol. The van der Waals surface area contributed by atoms with Crippen molar-refractivity contribution in [1.29, 1.82) is 0 Å². The number of hydrogen-bond acceptors (Lipinski definition) is 15. The number of hydrogen-bond donors (Lipinski definition) is 3. The van der Waals surface area contributed by atoms with E-state index in [1.165, 1.54) is 0 Å². The molecule has 1 aromatic heterocycles. The van der Waals surface area contributed by atoms with Crippen LogP contribution in [0.1, 0.15) is 157 Å². The summed E-state index contributed by atoms with van der Waals surface area (Å²) in [6.45, 7) is 7.63. The van der Waals surface area contributed by atoms with Crippen LogP contribution in [0.25, 0.3) is 5.57 Å². The van der Waals surface area contributed by atoms with Crippen LogP contribution < -0.4 is 34.6 Å². The summed E-state index contributed by atoms with van der Waals surface area (Å²) in [6, 6.07) is 29.4. The topological polar surface area (TPSA) is 248 Å². The Morgan fingerprint density at radius 2 is 1.49 bits per heavy atom. The molecule has 99 heavy (non-hydrogen) atoms. The van der Waals surface area contributed by atoms with Crippen LogP contribution in [0.4, 0.5) is 16.2 Å². The van der Waals surface area contributed by atoms with E-state index in [2.05, 4.69) is 33.9 Å². The first-order chi connectivity index (χ1) is 47.7. The Bertz CT molecular complexity index is 4240. The van der Waals surface area contributed by atoms with Gasteiger partial charge in [0, 0.05) is 92.4 Å². The van der Waals surface area contributed by atoms with E-state index in [4.69, 9.17) is 18.9 Å². The van der Waals surface area contributed by atoms with Gasteiger partial charge in [-0.1, -0.05) is 80.3 Å². The minimum Gasteiger partial charge on any atom is -0.493 e. The number of fused-ring (bicyclic) bond motifs is 6. The van der Waals surface area contributed by atoms with Crippen molar-refractivity contribution in [2.45, 2.75) is 149 Å². The van der Waals surface area contributed by atoms with Gasteiger partial charge in [-0.2, -0.15) is 11.3 Å². The third kappa shape index (κ3) is 15.7. The zero-order chi connectivity index (χ0) is 69.6. The highest BCUT2D eigenvalue weighted by Crippen LogP contribution is 2.57. The Kier molecular flexibility index (Phi) is 21.0. The Balaban J connectivity index is 0.598. The number of carbonyl (C=O) groups excluding carboxylic acids is 9. The lowest BCUT2D eigenvalue weighted by Gasteiger charge is -2.31. The van der Waals surface area contributed by atoms with Crippen molar-refractivity contribution < 1.29 is 67.2 Å². The molecule has 5 aromatic carbocycles. The number of nitrogens with one attached hydrogen (secondary N) is 2. The zero-order valence-electron chi connectivity index (χ0n) is 56.4. The van der Waals surface area contributed by atoms with E-state index in [0.29, 0.717) is 83.1 Å². The van der Waals surface area contributed by atoms with Gasteiger partial charge in [-0.3, -0.25) is 38.4 Å².